The molecule has 0 amide bonds. The predicted octanol–water partition coefficient (Wildman–Crippen LogP) is 4.68. The van der Waals surface area contributed by atoms with Crippen LogP contribution in [0.1, 0.15) is 18.4 Å². The van der Waals surface area contributed by atoms with Crippen LogP contribution in [0.4, 0.5) is 11.6 Å². The van der Waals surface area contributed by atoms with E-state index in [0.717, 1.165) is 70.1 Å². The van der Waals surface area contributed by atoms with Gasteiger partial charge in [-0.15, -0.1) is 11.3 Å². The summed E-state index contributed by atoms with van der Waals surface area (Å²) in [5.41, 5.74) is 7.98. The van der Waals surface area contributed by atoms with Crippen LogP contribution in [0.15, 0.2) is 59.6 Å². The second-order valence-electron chi connectivity index (χ2n) is 8.09. The fraction of sp³-hybridized carbons (Fsp3) is 0.208. The molecule has 2 aliphatic rings. The van der Waals surface area contributed by atoms with Gasteiger partial charge in [-0.05, 0) is 56.1 Å². The molecule has 0 atom stereocenters. The summed E-state index contributed by atoms with van der Waals surface area (Å²) in [6, 6.07) is 12.2. The number of piperidine rings is 1. The van der Waals surface area contributed by atoms with Gasteiger partial charge in [0, 0.05) is 45.9 Å². The number of fused-ring (bicyclic) bond motifs is 1. The van der Waals surface area contributed by atoms with Crippen LogP contribution in [0.2, 0.25) is 0 Å². The van der Waals surface area contributed by atoms with Crippen molar-refractivity contribution < 1.29 is 4.74 Å². The lowest BCUT2D eigenvalue weighted by atomic mass is 10.1. The first-order valence-corrected chi connectivity index (χ1v) is 12.9. The Hall–Kier alpha value is -3.18. The van der Waals surface area contributed by atoms with Crippen LogP contribution < -0.4 is 25.6 Å². The predicted molar refractivity (Wildman–Crippen MR) is 139 cm³/mol. The first-order valence-electron chi connectivity index (χ1n) is 11.1. The molecule has 0 unspecified atom stereocenters. The molecule has 4 aromatic rings. The largest absolute Gasteiger partial charge is 0.490 e. The summed E-state index contributed by atoms with van der Waals surface area (Å²) < 4.78 is 6.47. The Morgan fingerprint density at radius 3 is 2.85 bits per heavy atom. The van der Waals surface area contributed by atoms with Crippen molar-refractivity contribution in [2.24, 2.45) is 0 Å². The van der Waals surface area contributed by atoms with Gasteiger partial charge in [-0.2, -0.15) is 4.83 Å². The summed E-state index contributed by atoms with van der Waals surface area (Å²) in [7, 11) is 0. The summed E-state index contributed by atoms with van der Waals surface area (Å²) in [5.74, 6) is 1.37. The van der Waals surface area contributed by atoms with Gasteiger partial charge in [0.1, 0.15) is 16.9 Å². The minimum Gasteiger partial charge on any atom is -0.490 e. The van der Waals surface area contributed by atoms with Crippen molar-refractivity contribution in [1.82, 2.24) is 30.5 Å². The molecule has 0 bridgehead atoms. The van der Waals surface area contributed by atoms with Gasteiger partial charge in [-0.3, -0.25) is 0 Å². The molecule has 172 valence electrons. The van der Waals surface area contributed by atoms with Gasteiger partial charge < -0.3 is 20.8 Å². The molecule has 8 nitrogen and oxygen atoms in total. The van der Waals surface area contributed by atoms with Crippen molar-refractivity contribution in [3.05, 3.63) is 65.1 Å². The van der Waals surface area contributed by atoms with Gasteiger partial charge in [-0.1, -0.05) is 12.1 Å². The van der Waals surface area contributed by atoms with Crippen LogP contribution in [-0.2, 0) is 0 Å². The van der Waals surface area contributed by atoms with E-state index in [9.17, 15) is 0 Å². The second-order valence-corrected chi connectivity index (χ2v) is 9.66. The van der Waals surface area contributed by atoms with E-state index in [4.69, 9.17) is 9.72 Å². The first-order chi connectivity index (χ1) is 16.8. The van der Waals surface area contributed by atoms with E-state index >= 15 is 0 Å². The highest BCUT2D eigenvalue weighted by Gasteiger charge is 2.19. The molecule has 2 aromatic heterocycles. The molecule has 1 fully saturated rings. The number of ether oxygens (including phenoxy) is 1. The quantitative estimate of drug-likeness (QED) is 0.288. The van der Waals surface area contributed by atoms with Crippen molar-refractivity contribution in [3.8, 4) is 16.3 Å². The maximum atomic E-state index is 6.47. The lowest BCUT2D eigenvalue weighted by Gasteiger charge is -2.25. The summed E-state index contributed by atoms with van der Waals surface area (Å²) in [4.78, 5) is 16.9. The molecule has 4 heterocycles. The average Bonchev–Trinajstić information content (AvgIpc) is 3.59. The Balaban J connectivity index is 1.32. The zero-order valence-corrected chi connectivity index (χ0v) is 19.9. The Labute approximate surface area is 205 Å². The SMILES string of the molecule is C1=C(c2cccc(Nc3ncc4cc(-c5nccs5)c(OC5CCNCC5)cc4n3)c2)NNS1. The topological polar surface area (TPSA) is 96.0 Å². The number of hydrazine groups is 1. The summed E-state index contributed by atoms with van der Waals surface area (Å²) in [5, 5.41) is 12.6. The van der Waals surface area contributed by atoms with Gasteiger partial charge in [0.05, 0.1) is 16.8 Å². The van der Waals surface area contributed by atoms with Gasteiger partial charge in [0.2, 0.25) is 5.95 Å². The number of hydrogen-bond donors (Lipinski definition) is 4. The summed E-state index contributed by atoms with van der Waals surface area (Å²) in [6.45, 7) is 1.95. The van der Waals surface area contributed by atoms with E-state index in [1.807, 2.05) is 41.4 Å². The van der Waals surface area contributed by atoms with Gasteiger partial charge in [0.25, 0.3) is 0 Å². The molecule has 2 aromatic carbocycles. The fourth-order valence-corrected chi connectivity index (χ4v) is 5.27. The molecule has 4 N–H and O–H groups in total. The number of thiazole rings is 1. The van der Waals surface area contributed by atoms with Crippen LogP contribution in [0.5, 0.6) is 5.75 Å². The molecule has 34 heavy (non-hydrogen) atoms. The highest BCUT2D eigenvalue weighted by atomic mass is 32.2. The molecular weight excluding hydrogens is 466 g/mol. The maximum Gasteiger partial charge on any atom is 0.227 e. The van der Waals surface area contributed by atoms with Crippen LogP contribution in [0, 0.1) is 0 Å². The van der Waals surface area contributed by atoms with E-state index in [1.54, 1.807) is 11.3 Å². The third-order valence-electron chi connectivity index (χ3n) is 5.77. The third-order valence-corrected chi connectivity index (χ3v) is 7.15. The zero-order valence-electron chi connectivity index (χ0n) is 18.2. The van der Waals surface area contributed by atoms with E-state index < -0.39 is 0 Å². The number of benzene rings is 2. The van der Waals surface area contributed by atoms with E-state index in [0.29, 0.717) is 5.95 Å². The Morgan fingerprint density at radius 1 is 1.09 bits per heavy atom. The smallest absolute Gasteiger partial charge is 0.227 e. The molecule has 1 saturated heterocycles. The Morgan fingerprint density at radius 2 is 2.03 bits per heavy atom. The number of nitrogens with one attached hydrogen (secondary N) is 4. The zero-order chi connectivity index (χ0) is 22.7. The molecule has 0 saturated carbocycles. The molecule has 6 rings (SSSR count). The minimum atomic E-state index is 0.186. The van der Waals surface area contributed by atoms with E-state index in [2.05, 4.69) is 49.1 Å². The van der Waals surface area contributed by atoms with Crippen LogP contribution >= 0.6 is 23.3 Å². The first kappa shape index (κ1) is 21.4. The van der Waals surface area contributed by atoms with Crippen LogP contribution in [0.3, 0.4) is 0 Å². The van der Waals surface area contributed by atoms with Gasteiger partial charge in [0.15, 0.2) is 0 Å². The monoisotopic (exact) mass is 489 g/mol. The van der Waals surface area contributed by atoms with Crippen molar-refractivity contribution >= 4 is 51.5 Å². The van der Waals surface area contributed by atoms with Crippen LogP contribution in [0.25, 0.3) is 27.2 Å². The third kappa shape index (κ3) is 4.58. The van der Waals surface area contributed by atoms with Gasteiger partial charge >= 0.3 is 0 Å². The lowest BCUT2D eigenvalue weighted by Crippen LogP contribution is -2.34. The van der Waals surface area contributed by atoms with Crippen molar-refractivity contribution in [2.75, 3.05) is 18.4 Å². The number of anilines is 2. The minimum absolute atomic E-state index is 0.186. The molecule has 2 aliphatic heterocycles. The summed E-state index contributed by atoms with van der Waals surface area (Å²) >= 11 is 3.12. The van der Waals surface area contributed by atoms with Crippen molar-refractivity contribution in [2.45, 2.75) is 18.9 Å². The highest BCUT2D eigenvalue weighted by Crippen LogP contribution is 2.36. The van der Waals surface area contributed by atoms with E-state index in [-0.39, 0.29) is 6.10 Å². The van der Waals surface area contributed by atoms with Gasteiger partial charge in [-0.25, -0.2) is 15.0 Å². The van der Waals surface area contributed by atoms with E-state index in [1.165, 1.54) is 11.9 Å². The Bertz CT molecular complexity index is 1340. The second kappa shape index (κ2) is 9.59. The normalized spacial score (nSPS) is 16.3. The standard InChI is InChI=1S/C24H23N7OS2/c1-2-15(21-14-34-31-30-21)10-17(3-1)28-24-27-13-16-11-19(23-26-8-9-33-23)22(12-20(16)29-24)32-18-4-6-25-7-5-18/h1-3,8-14,18,25,30-31H,4-7H2,(H,27,28,29). The lowest BCUT2D eigenvalue weighted by molar-refractivity contribution is 0.163. The maximum absolute atomic E-state index is 6.47. The summed E-state index contributed by atoms with van der Waals surface area (Å²) in [6.07, 6.45) is 5.83. The fourth-order valence-electron chi connectivity index (χ4n) is 4.07. The van der Waals surface area contributed by atoms with Crippen molar-refractivity contribution in [1.29, 1.82) is 0 Å². The molecule has 0 radical (unpaired) electrons. The molecule has 0 spiro atoms. The Kier molecular flexibility index (Phi) is 6.02. The molecular formula is C24H23N7OS2. The number of rotatable bonds is 6. The number of aromatic nitrogens is 3. The van der Waals surface area contributed by atoms with Crippen LogP contribution in [-0.4, -0.2) is 34.1 Å². The number of nitrogens with zero attached hydrogens (tertiary/aromatic N) is 3. The highest BCUT2D eigenvalue weighted by molar-refractivity contribution is 8.00. The molecule has 0 aliphatic carbocycles. The van der Waals surface area contributed by atoms with Crippen molar-refractivity contribution in [3.63, 3.8) is 0 Å². The average molecular weight is 490 g/mol. The number of hydrogen-bond acceptors (Lipinski definition) is 10. The molecule has 10 heteroatoms.